The normalized spacial score (nSPS) is 17.4. The molecule has 37 heavy (non-hydrogen) atoms. The number of aromatic hydroxyl groups is 4. The van der Waals surface area contributed by atoms with Crippen LogP contribution in [0.15, 0.2) is 42.5 Å². The smallest absolute Gasteiger partial charge is 0.157 e. The molecule has 4 nitrogen and oxygen atoms in total. The Morgan fingerprint density at radius 1 is 0.541 bits per heavy atom. The molecular formula is C33H40O4. The van der Waals surface area contributed by atoms with Crippen molar-refractivity contribution >= 4 is 0 Å². The lowest BCUT2D eigenvalue weighted by Crippen LogP contribution is -2.11. The minimum atomic E-state index is -0.489. The molecule has 0 unspecified atom stereocenters. The molecule has 2 fully saturated rings. The lowest BCUT2D eigenvalue weighted by molar-refractivity contribution is 0.403. The van der Waals surface area contributed by atoms with E-state index in [-0.39, 0.29) is 23.0 Å². The Bertz CT molecular complexity index is 1190. The predicted octanol–water partition coefficient (Wildman–Crippen LogP) is 8.40. The van der Waals surface area contributed by atoms with E-state index >= 15 is 0 Å². The number of aryl methyl sites for hydroxylation is 2. The van der Waals surface area contributed by atoms with Crippen LogP contribution in [-0.4, -0.2) is 20.4 Å². The zero-order valence-electron chi connectivity index (χ0n) is 22.1. The summed E-state index contributed by atoms with van der Waals surface area (Å²) in [6.45, 7) is 4.14. The molecule has 0 spiro atoms. The molecule has 0 aromatic heterocycles. The van der Waals surface area contributed by atoms with Crippen LogP contribution in [0.2, 0.25) is 0 Å². The molecule has 4 N–H and O–H groups in total. The number of hydrogen-bond acceptors (Lipinski definition) is 4. The Morgan fingerprint density at radius 2 is 1.00 bits per heavy atom. The van der Waals surface area contributed by atoms with Gasteiger partial charge in [-0.15, -0.1) is 0 Å². The summed E-state index contributed by atoms with van der Waals surface area (Å²) in [4.78, 5) is 0. The van der Waals surface area contributed by atoms with Gasteiger partial charge in [-0.25, -0.2) is 0 Å². The van der Waals surface area contributed by atoms with Crippen LogP contribution in [0.5, 0.6) is 23.0 Å². The summed E-state index contributed by atoms with van der Waals surface area (Å²) in [5, 5.41) is 43.0. The summed E-state index contributed by atoms with van der Waals surface area (Å²) in [6, 6.07) is 12.8. The molecule has 3 aromatic carbocycles. The maximum Gasteiger partial charge on any atom is 0.157 e. The quantitative estimate of drug-likeness (QED) is 0.209. The van der Waals surface area contributed by atoms with E-state index in [4.69, 9.17) is 0 Å². The molecule has 0 amide bonds. The van der Waals surface area contributed by atoms with Crippen molar-refractivity contribution in [2.75, 3.05) is 0 Å². The van der Waals surface area contributed by atoms with Gasteiger partial charge in [0, 0.05) is 17.0 Å². The van der Waals surface area contributed by atoms with Gasteiger partial charge in [0.1, 0.15) is 11.5 Å². The molecule has 0 heterocycles. The summed E-state index contributed by atoms with van der Waals surface area (Å²) in [7, 11) is 0. The summed E-state index contributed by atoms with van der Waals surface area (Å²) in [6.07, 6.45) is 12.0. The van der Waals surface area contributed by atoms with Crippen molar-refractivity contribution in [3.8, 4) is 23.0 Å². The highest BCUT2D eigenvalue weighted by atomic mass is 16.3. The maximum absolute atomic E-state index is 11.3. The van der Waals surface area contributed by atoms with Crippen LogP contribution in [0.25, 0.3) is 0 Å². The Labute approximate surface area is 220 Å². The first-order chi connectivity index (χ1) is 17.8. The van der Waals surface area contributed by atoms with E-state index in [1.807, 2.05) is 12.1 Å². The second-order valence-corrected chi connectivity index (χ2v) is 11.4. The monoisotopic (exact) mass is 500 g/mol. The largest absolute Gasteiger partial charge is 0.508 e. The number of benzene rings is 3. The fourth-order valence-corrected chi connectivity index (χ4v) is 6.87. The maximum atomic E-state index is 11.3. The summed E-state index contributed by atoms with van der Waals surface area (Å²) in [5.74, 6) is 0.424. The van der Waals surface area contributed by atoms with E-state index in [2.05, 4.69) is 26.0 Å². The predicted molar refractivity (Wildman–Crippen MR) is 148 cm³/mol. The van der Waals surface area contributed by atoms with Gasteiger partial charge >= 0.3 is 0 Å². The van der Waals surface area contributed by atoms with E-state index in [1.54, 1.807) is 12.1 Å². The van der Waals surface area contributed by atoms with Crippen molar-refractivity contribution in [3.05, 3.63) is 81.4 Å². The number of phenols is 4. The van der Waals surface area contributed by atoms with Crippen LogP contribution in [0, 0.1) is 13.8 Å². The van der Waals surface area contributed by atoms with Crippen molar-refractivity contribution in [2.45, 2.75) is 95.8 Å². The molecule has 0 aliphatic heterocycles. The summed E-state index contributed by atoms with van der Waals surface area (Å²) >= 11 is 0. The standard InChI is InChI=1S/C33H40O4/c1-20-15-30(35)27(18-25(20)22-9-5-3-6-10-22)33(24-13-14-29(34)32(37)17-24)28-19-26(21(2)16-31(28)36)23-11-7-4-8-12-23/h13-19,22-23,33-37H,3-12H2,1-2H3. The highest BCUT2D eigenvalue weighted by molar-refractivity contribution is 5.58. The SMILES string of the molecule is Cc1cc(O)c(C(c2ccc(O)c(O)c2)c2cc(C3CCCCC3)c(C)cc2O)cc1C1CCCCC1. The highest BCUT2D eigenvalue weighted by Gasteiger charge is 2.29. The van der Waals surface area contributed by atoms with Crippen LogP contribution in [0.1, 0.15) is 121 Å². The molecule has 4 heteroatoms. The molecule has 3 aromatic rings. The van der Waals surface area contributed by atoms with Gasteiger partial charge < -0.3 is 20.4 Å². The van der Waals surface area contributed by atoms with E-state index in [0.29, 0.717) is 11.8 Å². The Hall–Kier alpha value is -3.14. The molecule has 5 rings (SSSR count). The van der Waals surface area contributed by atoms with Gasteiger partial charge in [0.2, 0.25) is 0 Å². The van der Waals surface area contributed by atoms with E-state index in [9.17, 15) is 20.4 Å². The van der Waals surface area contributed by atoms with Gasteiger partial charge in [-0.2, -0.15) is 0 Å². The number of phenolic OH excluding ortho intramolecular Hbond substituents is 4. The molecule has 0 bridgehead atoms. The van der Waals surface area contributed by atoms with Crippen LogP contribution in [0.3, 0.4) is 0 Å². The minimum absolute atomic E-state index is 0.186. The topological polar surface area (TPSA) is 80.9 Å². The van der Waals surface area contributed by atoms with E-state index < -0.39 is 5.92 Å². The van der Waals surface area contributed by atoms with Crippen molar-refractivity contribution in [1.29, 1.82) is 0 Å². The highest BCUT2D eigenvalue weighted by Crippen LogP contribution is 2.47. The van der Waals surface area contributed by atoms with Crippen molar-refractivity contribution in [3.63, 3.8) is 0 Å². The molecule has 0 atom stereocenters. The van der Waals surface area contributed by atoms with Gasteiger partial charge in [0.25, 0.3) is 0 Å². The molecule has 0 radical (unpaired) electrons. The third-order valence-electron chi connectivity index (χ3n) is 8.88. The molecule has 196 valence electrons. The molecule has 2 aliphatic carbocycles. The Morgan fingerprint density at radius 3 is 1.43 bits per heavy atom. The van der Waals surface area contributed by atoms with Crippen LogP contribution < -0.4 is 0 Å². The van der Waals surface area contributed by atoms with Gasteiger partial charge in [-0.05, 0) is 103 Å². The molecular weight excluding hydrogens is 460 g/mol. The third-order valence-corrected chi connectivity index (χ3v) is 8.88. The van der Waals surface area contributed by atoms with Crippen molar-refractivity contribution < 1.29 is 20.4 Å². The number of rotatable bonds is 5. The first-order valence-electron chi connectivity index (χ1n) is 14.0. The van der Waals surface area contributed by atoms with Crippen molar-refractivity contribution in [1.82, 2.24) is 0 Å². The van der Waals surface area contributed by atoms with Gasteiger partial charge in [-0.3, -0.25) is 0 Å². The average Bonchev–Trinajstić information content (AvgIpc) is 2.89. The number of hydrogen-bond donors (Lipinski definition) is 4. The van der Waals surface area contributed by atoms with E-state index in [1.165, 1.54) is 55.7 Å². The minimum Gasteiger partial charge on any atom is -0.508 e. The Kier molecular flexibility index (Phi) is 7.37. The van der Waals surface area contributed by atoms with Gasteiger partial charge in [-0.1, -0.05) is 56.7 Å². The van der Waals surface area contributed by atoms with Crippen LogP contribution >= 0.6 is 0 Å². The zero-order chi connectivity index (χ0) is 26.1. The van der Waals surface area contributed by atoms with Crippen LogP contribution in [0.4, 0.5) is 0 Å². The summed E-state index contributed by atoms with van der Waals surface area (Å²) in [5.41, 5.74) is 6.89. The molecule has 2 saturated carbocycles. The first kappa shape index (κ1) is 25.5. The second kappa shape index (κ2) is 10.7. The second-order valence-electron chi connectivity index (χ2n) is 11.4. The fraction of sp³-hybridized carbons (Fsp3) is 0.455. The Balaban J connectivity index is 1.70. The lowest BCUT2D eigenvalue weighted by Gasteiger charge is -2.29. The third kappa shape index (κ3) is 5.16. The van der Waals surface area contributed by atoms with Crippen molar-refractivity contribution in [2.24, 2.45) is 0 Å². The lowest BCUT2D eigenvalue weighted by atomic mass is 9.76. The summed E-state index contributed by atoms with van der Waals surface area (Å²) < 4.78 is 0. The molecule has 2 aliphatic rings. The molecule has 0 saturated heterocycles. The zero-order valence-corrected chi connectivity index (χ0v) is 22.1. The van der Waals surface area contributed by atoms with Gasteiger partial charge in [0.05, 0.1) is 0 Å². The van der Waals surface area contributed by atoms with Crippen LogP contribution in [-0.2, 0) is 0 Å². The fourth-order valence-electron chi connectivity index (χ4n) is 6.87. The first-order valence-corrected chi connectivity index (χ1v) is 14.0. The van der Waals surface area contributed by atoms with Gasteiger partial charge in [0.15, 0.2) is 11.5 Å². The average molecular weight is 501 g/mol. The van der Waals surface area contributed by atoms with E-state index in [0.717, 1.165) is 53.5 Å².